The molecule has 4 N–H and O–H groups in total. The summed E-state index contributed by atoms with van der Waals surface area (Å²) in [5.74, 6) is -0.409. The van der Waals surface area contributed by atoms with Crippen LogP contribution in [0.4, 0.5) is 9.18 Å². The van der Waals surface area contributed by atoms with Crippen molar-refractivity contribution in [2.45, 2.75) is 37.8 Å². The van der Waals surface area contributed by atoms with Gasteiger partial charge >= 0.3 is 6.03 Å². The maximum Gasteiger partial charge on any atom is 0.316 e. The van der Waals surface area contributed by atoms with E-state index in [0.29, 0.717) is 29.9 Å². The molecule has 7 nitrogen and oxygen atoms in total. The second-order valence-corrected chi connectivity index (χ2v) is 6.15. The van der Waals surface area contributed by atoms with E-state index in [-0.39, 0.29) is 12.4 Å². The van der Waals surface area contributed by atoms with Gasteiger partial charge in [0.2, 0.25) is 5.91 Å². The molecule has 1 saturated carbocycles. The fourth-order valence-electron chi connectivity index (χ4n) is 2.99. The highest BCUT2D eigenvalue weighted by Crippen LogP contribution is 2.29. The molecule has 0 atom stereocenters. The van der Waals surface area contributed by atoms with Gasteiger partial charge in [-0.05, 0) is 37.1 Å². The third-order valence-electron chi connectivity index (χ3n) is 4.40. The number of nitrogens with two attached hydrogens (primary N) is 1. The number of carbonyl (C=O) groups is 2. The Bertz CT molecular complexity index is 766. The van der Waals surface area contributed by atoms with Crippen molar-refractivity contribution >= 4 is 11.9 Å². The van der Waals surface area contributed by atoms with Crippen LogP contribution in [0.1, 0.15) is 31.4 Å². The SMILES string of the molecule is NC(=O)C1(NC(=O)NCc2cc(-c3ccc(F)cc3)no2)CCCC1. The van der Waals surface area contributed by atoms with Gasteiger partial charge in [0, 0.05) is 11.6 Å². The predicted octanol–water partition coefficient (Wildman–Crippen LogP) is 2.08. The molecule has 0 radical (unpaired) electrons. The van der Waals surface area contributed by atoms with Crippen molar-refractivity contribution in [3.8, 4) is 11.3 Å². The molecule has 1 aromatic heterocycles. The van der Waals surface area contributed by atoms with Crippen LogP contribution in [-0.4, -0.2) is 22.6 Å². The van der Waals surface area contributed by atoms with Crippen LogP contribution in [0.25, 0.3) is 11.3 Å². The highest BCUT2D eigenvalue weighted by Gasteiger charge is 2.40. The first kappa shape index (κ1) is 16.9. The van der Waals surface area contributed by atoms with Crippen LogP contribution < -0.4 is 16.4 Å². The minimum atomic E-state index is -0.967. The summed E-state index contributed by atoms with van der Waals surface area (Å²) in [5, 5.41) is 9.20. The Morgan fingerprint density at radius 1 is 1.24 bits per heavy atom. The lowest BCUT2D eigenvalue weighted by Crippen LogP contribution is -2.57. The number of halogens is 1. The van der Waals surface area contributed by atoms with Gasteiger partial charge in [0.1, 0.15) is 17.1 Å². The second kappa shape index (κ2) is 6.92. The number of carbonyl (C=O) groups excluding carboxylic acids is 2. The first-order valence-electron chi connectivity index (χ1n) is 8.06. The number of nitrogens with one attached hydrogen (secondary N) is 2. The third kappa shape index (κ3) is 3.78. The maximum absolute atomic E-state index is 12.9. The van der Waals surface area contributed by atoms with E-state index < -0.39 is 17.5 Å². The monoisotopic (exact) mass is 346 g/mol. The zero-order valence-corrected chi connectivity index (χ0v) is 13.5. The first-order chi connectivity index (χ1) is 12.0. The lowest BCUT2D eigenvalue weighted by Gasteiger charge is -2.26. The Labute approximate surface area is 143 Å². The Morgan fingerprint density at radius 3 is 2.56 bits per heavy atom. The number of urea groups is 1. The molecule has 1 fully saturated rings. The summed E-state index contributed by atoms with van der Waals surface area (Å²) in [6.07, 6.45) is 2.80. The molecule has 0 bridgehead atoms. The van der Waals surface area contributed by atoms with E-state index in [1.54, 1.807) is 18.2 Å². The number of amides is 3. The summed E-state index contributed by atoms with van der Waals surface area (Å²) in [4.78, 5) is 23.7. The number of hydrogen-bond donors (Lipinski definition) is 3. The topological polar surface area (TPSA) is 110 Å². The maximum atomic E-state index is 12.9. The van der Waals surface area contributed by atoms with Gasteiger partial charge in [0.05, 0.1) is 6.54 Å². The van der Waals surface area contributed by atoms with E-state index >= 15 is 0 Å². The largest absolute Gasteiger partial charge is 0.368 e. The van der Waals surface area contributed by atoms with Gasteiger partial charge in [-0.2, -0.15) is 0 Å². The Morgan fingerprint density at radius 2 is 1.92 bits per heavy atom. The molecule has 0 aliphatic heterocycles. The van der Waals surface area contributed by atoms with Crippen molar-refractivity contribution in [1.29, 1.82) is 0 Å². The minimum absolute atomic E-state index is 0.106. The molecule has 3 rings (SSSR count). The van der Waals surface area contributed by atoms with E-state index in [0.717, 1.165) is 12.8 Å². The van der Waals surface area contributed by atoms with Crippen LogP contribution in [0.2, 0.25) is 0 Å². The fourth-order valence-corrected chi connectivity index (χ4v) is 2.99. The predicted molar refractivity (Wildman–Crippen MR) is 87.7 cm³/mol. The molecule has 0 unspecified atom stereocenters. The number of rotatable bonds is 5. The summed E-state index contributed by atoms with van der Waals surface area (Å²) in [5.41, 5.74) is 5.71. The second-order valence-electron chi connectivity index (χ2n) is 6.15. The standard InChI is InChI=1S/C17H19FN4O3/c18-12-5-3-11(4-6-12)14-9-13(25-22-14)10-20-16(24)21-17(15(19)23)7-1-2-8-17/h3-6,9H,1-2,7-8,10H2,(H2,19,23)(H2,20,21,24). The molecule has 25 heavy (non-hydrogen) atoms. The average molecular weight is 346 g/mol. The van der Waals surface area contributed by atoms with E-state index in [4.69, 9.17) is 10.3 Å². The number of benzene rings is 1. The van der Waals surface area contributed by atoms with Crippen molar-refractivity contribution in [2.24, 2.45) is 5.73 Å². The first-order valence-corrected chi connectivity index (χ1v) is 8.06. The molecule has 8 heteroatoms. The molecule has 1 aliphatic carbocycles. The summed E-state index contributed by atoms with van der Waals surface area (Å²) in [6, 6.07) is 7.02. The molecule has 1 heterocycles. The summed E-state index contributed by atoms with van der Waals surface area (Å²) in [6.45, 7) is 0.106. The quantitative estimate of drug-likeness (QED) is 0.770. The lowest BCUT2D eigenvalue weighted by atomic mass is 9.97. The Kier molecular flexibility index (Phi) is 4.69. The van der Waals surface area contributed by atoms with Crippen LogP contribution in [0.3, 0.4) is 0 Å². The van der Waals surface area contributed by atoms with E-state index in [1.807, 2.05) is 0 Å². The molecule has 0 spiro atoms. The van der Waals surface area contributed by atoms with Gasteiger partial charge in [-0.3, -0.25) is 4.79 Å². The molecule has 0 saturated heterocycles. The third-order valence-corrected chi connectivity index (χ3v) is 4.40. The zero-order valence-electron chi connectivity index (χ0n) is 13.5. The zero-order chi connectivity index (χ0) is 17.9. The van der Waals surface area contributed by atoms with Gasteiger partial charge in [-0.15, -0.1) is 0 Å². The van der Waals surface area contributed by atoms with Crippen molar-refractivity contribution in [2.75, 3.05) is 0 Å². The molecule has 1 aliphatic rings. The summed E-state index contributed by atoms with van der Waals surface area (Å²) in [7, 11) is 0. The minimum Gasteiger partial charge on any atom is -0.368 e. The van der Waals surface area contributed by atoms with Crippen molar-refractivity contribution in [3.63, 3.8) is 0 Å². The van der Waals surface area contributed by atoms with Gasteiger partial charge < -0.3 is 20.9 Å². The van der Waals surface area contributed by atoms with Gasteiger partial charge in [-0.1, -0.05) is 18.0 Å². The van der Waals surface area contributed by atoms with Crippen LogP contribution in [0.15, 0.2) is 34.9 Å². The van der Waals surface area contributed by atoms with E-state index in [1.165, 1.54) is 12.1 Å². The lowest BCUT2D eigenvalue weighted by molar-refractivity contribution is -0.123. The molecular formula is C17H19FN4O3. The van der Waals surface area contributed by atoms with Gasteiger partial charge in [0.15, 0.2) is 5.76 Å². The van der Waals surface area contributed by atoms with Crippen LogP contribution in [0, 0.1) is 5.82 Å². The normalized spacial score (nSPS) is 15.7. The summed E-state index contributed by atoms with van der Waals surface area (Å²) >= 11 is 0. The van der Waals surface area contributed by atoms with Crippen LogP contribution in [-0.2, 0) is 11.3 Å². The molecule has 1 aromatic carbocycles. The molecule has 3 amide bonds. The van der Waals surface area contributed by atoms with Crippen LogP contribution in [0.5, 0.6) is 0 Å². The number of nitrogens with zero attached hydrogens (tertiary/aromatic N) is 1. The summed E-state index contributed by atoms with van der Waals surface area (Å²) < 4.78 is 18.1. The van der Waals surface area contributed by atoms with Crippen molar-refractivity contribution < 1.29 is 18.5 Å². The van der Waals surface area contributed by atoms with E-state index in [2.05, 4.69) is 15.8 Å². The average Bonchev–Trinajstić information content (AvgIpc) is 3.24. The van der Waals surface area contributed by atoms with Crippen molar-refractivity contribution in [1.82, 2.24) is 15.8 Å². The van der Waals surface area contributed by atoms with E-state index in [9.17, 15) is 14.0 Å². The highest BCUT2D eigenvalue weighted by molar-refractivity contribution is 5.90. The smallest absolute Gasteiger partial charge is 0.316 e. The number of hydrogen-bond acceptors (Lipinski definition) is 4. The van der Waals surface area contributed by atoms with Gasteiger partial charge in [0.25, 0.3) is 0 Å². The fraction of sp³-hybridized carbons (Fsp3) is 0.353. The van der Waals surface area contributed by atoms with Gasteiger partial charge in [-0.25, -0.2) is 9.18 Å². The van der Waals surface area contributed by atoms with Crippen molar-refractivity contribution in [3.05, 3.63) is 41.9 Å². The molecular weight excluding hydrogens is 327 g/mol. The number of primary amides is 1. The number of aromatic nitrogens is 1. The molecule has 132 valence electrons. The highest BCUT2D eigenvalue weighted by atomic mass is 19.1. The van der Waals surface area contributed by atoms with Crippen LogP contribution >= 0.6 is 0 Å². The molecule has 2 aromatic rings. The Balaban J connectivity index is 1.57. The Hall–Kier alpha value is -2.90.